The van der Waals surface area contributed by atoms with Crippen molar-refractivity contribution in [1.82, 2.24) is 45.0 Å². The number of hydrogen-bond acceptors (Lipinski definition) is 15. The number of pyridine rings is 1. The summed E-state index contributed by atoms with van der Waals surface area (Å²) in [6, 6.07) is 7.09. The van der Waals surface area contributed by atoms with Gasteiger partial charge in [-0.15, -0.1) is 11.3 Å². The smallest absolute Gasteiger partial charge is 0.410 e. The molecule has 3 aromatic heterocycles. The third-order valence-electron chi connectivity index (χ3n) is 18.1. The van der Waals surface area contributed by atoms with Gasteiger partial charge in [0.05, 0.1) is 72.0 Å². The molecule has 2 N–H and O–H groups in total. The first kappa shape index (κ1) is 55.7. The van der Waals surface area contributed by atoms with E-state index in [-0.39, 0.29) is 48.4 Å². The van der Waals surface area contributed by atoms with Gasteiger partial charge in [-0.1, -0.05) is 32.8 Å². The third kappa shape index (κ3) is 11.7. The molecule has 79 heavy (non-hydrogen) atoms. The maximum absolute atomic E-state index is 15.2. The molecular weight excluding hydrogens is 1020 g/mol. The van der Waals surface area contributed by atoms with Gasteiger partial charge in [-0.05, 0) is 116 Å². The molecule has 6 atom stereocenters. The van der Waals surface area contributed by atoms with E-state index in [9.17, 15) is 9.59 Å². The lowest BCUT2D eigenvalue weighted by Gasteiger charge is -2.44. The Balaban J connectivity index is 0.937. The Morgan fingerprint density at radius 2 is 1.81 bits per heavy atom. The Kier molecular flexibility index (Phi) is 16.0. The number of aromatic nitrogens is 3. The molecule has 6 aliphatic heterocycles. The molecule has 6 bridgehead atoms. The van der Waals surface area contributed by atoms with Gasteiger partial charge < -0.3 is 38.6 Å². The topological polar surface area (TPSA) is 176 Å². The molecule has 0 unspecified atom stereocenters. The zero-order valence-corrected chi connectivity index (χ0v) is 48.8. The van der Waals surface area contributed by atoms with E-state index in [1.165, 1.54) is 16.3 Å². The highest BCUT2D eigenvalue weighted by molar-refractivity contribution is 7.10. The highest BCUT2D eigenvalue weighted by Gasteiger charge is 2.50. The fourth-order valence-electron chi connectivity index (χ4n) is 13.9. The number of esters is 1. The zero-order chi connectivity index (χ0) is 55.4. The van der Waals surface area contributed by atoms with Crippen LogP contribution in [0.3, 0.4) is 0 Å². The van der Waals surface area contributed by atoms with E-state index in [4.69, 9.17) is 28.9 Å². The van der Waals surface area contributed by atoms with E-state index in [2.05, 4.69) is 87.3 Å². The van der Waals surface area contributed by atoms with Crippen LogP contribution in [0.5, 0.6) is 0 Å². The first-order valence-corrected chi connectivity index (χ1v) is 30.2. The number of piperazine rings is 1. The van der Waals surface area contributed by atoms with Crippen molar-refractivity contribution in [3.63, 3.8) is 0 Å². The Morgan fingerprint density at radius 3 is 2.59 bits per heavy atom. The van der Waals surface area contributed by atoms with E-state index in [1.807, 2.05) is 31.9 Å². The lowest BCUT2D eigenvalue weighted by Crippen LogP contribution is -2.62. The molecule has 428 valence electrons. The number of benzene rings is 1. The molecule has 1 aromatic carbocycles. The molecule has 1 aliphatic carbocycles. The second kappa shape index (κ2) is 22.6. The lowest BCUT2D eigenvalue weighted by molar-refractivity contribution is -0.155. The monoisotopic (exact) mass is 1100 g/mol. The maximum atomic E-state index is 15.2. The number of carbonyl (C=O) groups excluding carboxylic acids is 4. The number of nitrogens with one attached hydrogen (secondary N) is 2. The van der Waals surface area contributed by atoms with E-state index in [0.717, 1.165) is 140 Å². The van der Waals surface area contributed by atoms with Gasteiger partial charge in [0, 0.05) is 111 Å². The van der Waals surface area contributed by atoms with Crippen LogP contribution in [0.4, 0.5) is 10.5 Å². The number of fused-ring (bicyclic) bond motifs is 7. The van der Waals surface area contributed by atoms with Gasteiger partial charge in [0.2, 0.25) is 5.91 Å². The summed E-state index contributed by atoms with van der Waals surface area (Å²) < 4.78 is 26.5. The van der Waals surface area contributed by atoms with Crippen LogP contribution < -0.4 is 15.6 Å². The van der Waals surface area contributed by atoms with Crippen LogP contribution in [0.25, 0.3) is 33.4 Å². The molecule has 3 amide bonds. The van der Waals surface area contributed by atoms with Gasteiger partial charge in [0.15, 0.2) is 0 Å². The summed E-state index contributed by atoms with van der Waals surface area (Å²) in [7, 11) is 1.73. The third-order valence-corrected chi connectivity index (χ3v) is 19.0. The number of rotatable bonds is 9. The summed E-state index contributed by atoms with van der Waals surface area (Å²) in [6.07, 6.45) is 9.01. The Hall–Kier alpha value is -5.18. The average molecular weight is 1110 g/mol. The summed E-state index contributed by atoms with van der Waals surface area (Å²) in [5, 5.41) is 8.73. The number of likely N-dealkylation sites (tertiary alicyclic amines) is 2. The number of hydrogen-bond donors (Lipinski definition) is 2. The summed E-state index contributed by atoms with van der Waals surface area (Å²) >= 11 is 1.49. The number of ether oxygens (including phenoxy) is 4. The number of aryl methyl sites for hydroxylation is 1. The number of methoxy groups -OCH3 is 1. The van der Waals surface area contributed by atoms with Crippen LogP contribution in [0.15, 0.2) is 35.8 Å². The number of hydrazine groups is 1. The molecule has 4 aromatic rings. The fourth-order valence-corrected chi connectivity index (χ4v) is 14.8. The quantitative estimate of drug-likeness (QED) is 0.157. The molecular formula is C60H84N10O8S. The van der Waals surface area contributed by atoms with Crippen molar-refractivity contribution in [2.24, 2.45) is 16.7 Å². The highest BCUT2D eigenvalue weighted by Crippen LogP contribution is 2.45. The Labute approximate surface area is 470 Å². The predicted molar refractivity (Wildman–Crippen MR) is 305 cm³/mol. The van der Waals surface area contributed by atoms with Crippen LogP contribution in [0.2, 0.25) is 0 Å². The number of thiazole rings is 1. The second-order valence-electron chi connectivity index (χ2n) is 25.5. The van der Waals surface area contributed by atoms with Crippen LogP contribution in [0, 0.1) is 16.7 Å². The summed E-state index contributed by atoms with van der Waals surface area (Å²) in [4.78, 5) is 77.4. The minimum Gasteiger partial charge on any atom is -0.464 e. The Morgan fingerprint density at radius 1 is 1.00 bits per heavy atom. The average Bonchev–Trinajstić information content (AvgIpc) is 4.52. The van der Waals surface area contributed by atoms with Gasteiger partial charge in [-0.3, -0.25) is 34.2 Å². The van der Waals surface area contributed by atoms with Crippen LogP contribution >= 0.6 is 11.3 Å². The largest absolute Gasteiger partial charge is 0.464 e. The number of carbonyl (C=O) groups is 4. The molecule has 6 fully saturated rings. The van der Waals surface area contributed by atoms with Gasteiger partial charge in [0.25, 0.3) is 5.91 Å². The second-order valence-corrected chi connectivity index (χ2v) is 26.5. The van der Waals surface area contributed by atoms with Gasteiger partial charge >= 0.3 is 12.1 Å². The van der Waals surface area contributed by atoms with Gasteiger partial charge in [-0.25, -0.2) is 15.2 Å². The van der Waals surface area contributed by atoms with Crippen molar-refractivity contribution in [3.8, 4) is 22.5 Å². The van der Waals surface area contributed by atoms with Crippen LogP contribution in [-0.4, -0.2) is 174 Å². The summed E-state index contributed by atoms with van der Waals surface area (Å²) in [5.41, 5.74) is 10.0. The van der Waals surface area contributed by atoms with E-state index in [1.54, 1.807) is 7.11 Å². The predicted octanol–water partition coefficient (Wildman–Crippen LogP) is 7.62. The Bertz CT molecular complexity index is 2910. The minimum atomic E-state index is -0.954. The standard InChI is InChI=1S/C60H84N10O8S/c1-9-69-49-17-16-40-27-43(49)45(53(69)44-28-41(31-61-51(44)38(2)75-8)66-24-23-65-25-26-76-33-42(65)32-66)30-59(6,7)37-77-56(73)46-15-12-20-70(64-46)55(72)47(29-50-62-48(40)34-79-50)63-54(71)52(39-13-10-11-14-39)67-21-18-60(35-67)19-22-68(36-60)57(74)78-58(3,4)5/h16-17,27-28,31,34,38-39,42,46-47,52,64H,9-15,18-26,29-30,32-33,35-37H2,1-8H3,(H,63,71)/t38-,42-,46-,47-,52-,60-/m0/s1. The van der Waals surface area contributed by atoms with E-state index in [0.29, 0.717) is 58.0 Å². The van der Waals surface area contributed by atoms with Crippen molar-refractivity contribution in [1.29, 1.82) is 0 Å². The van der Waals surface area contributed by atoms with E-state index < -0.39 is 35.1 Å². The van der Waals surface area contributed by atoms with Gasteiger partial charge in [-0.2, -0.15) is 0 Å². The first-order chi connectivity index (χ1) is 37.9. The van der Waals surface area contributed by atoms with Crippen molar-refractivity contribution < 1.29 is 38.1 Å². The summed E-state index contributed by atoms with van der Waals surface area (Å²) in [5.74, 6) is -0.727. The molecule has 9 heterocycles. The van der Waals surface area contributed by atoms with Crippen molar-refractivity contribution in [2.45, 2.75) is 155 Å². The lowest BCUT2D eigenvalue weighted by atomic mass is 9.84. The molecule has 7 aliphatic rings. The molecule has 11 rings (SSSR count). The van der Waals surface area contributed by atoms with Crippen LogP contribution in [-0.2, 0) is 52.7 Å². The van der Waals surface area contributed by atoms with Crippen molar-refractivity contribution in [3.05, 3.63) is 52.1 Å². The van der Waals surface area contributed by atoms with E-state index >= 15 is 9.59 Å². The highest BCUT2D eigenvalue weighted by atomic mass is 32.1. The molecule has 18 nitrogen and oxygen atoms in total. The van der Waals surface area contributed by atoms with Crippen molar-refractivity contribution >= 4 is 51.8 Å². The molecule has 0 radical (unpaired) electrons. The molecule has 1 spiro atoms. The number of amides is 3. The molecule has 5 saturated heterocycles. The first-order valence-electron chi connectivity index (χ1n) is 29.3. The number of cyclic esters (lactones) is 1. The normalized spacial score (nSPS) is 26.3. The molecule has 1 saturated carbocycles. The van der Waals surface area contributed by atoms with Gasteiger partial charge in [0.1, 0.15) is 17.7 Å². The SMILES string of the molecule is CCn1c(-c2cc(N3CCN4CCOC[C@@H]4C3)cnc2[C@H](C)OC)c2c3cc(ccc31)-c1csc(n1)C[C@H](NC(=O)[C@H](C1CCCC1)N1CC[C@]3(CCN(C(=O)OC(C)(C)C)C3)C1)C(=O)N1CCC[C@H](N1)C(=O)OCC(C)(C)C2. The number of nitrogens with zero attached hydrogens (tertiary/aromatic N) is 8. The maximum Gasteiger partial charge on any atom is 0.410 e. The number of anilines is 1. The summed E-state index contributed by atoms with van der Waals surface area (Å²) in [6.45, 7) is 23.3. The molecule has 19 heteroatoms. The van der Waals surface area contributed by atoms with Crippen molar-refractivity contribution in [2.75, 3.05) is 90.7 Å². The zero-order valence-electron chi connectivity index (χ0n) is 47.9. The fraction of sp³-hybridized carbons (Fsp3) is 0.667. The number of morpholine rings is 1. The minimum absolute atomic E-state index is 0.128. The van der Waals surface area contributed by atoms with Crippen LogP contribution in [0.1, 0.15) is 122 Å².